The lowest BCUT2D eigenvalue weighted by Gasteiger charge is -2.18. The Hall–Kier alpha value is -1.99. The smallest absolute Gasteiger partial charge is 0.317 e. The Kier molecular flexibility index (Phi) is 4.65. The van der Waals surface area contributed by atoms with Gasteiger partial charge in [0.15, 0.2) is 11.5 Å². The fraction of sp³-hybridized carbons (Fsp3) is 0.462. The van der Waals surface area contributed by atoms with E-state index < -0.39 is 0 Å². The second-order valence-electron chi connectivity index (χ2n) is 4.49. The molecule has 20 heavy (non-hydrogen) atoms. The molecule has 2 N–H and O–H groups in total. The van der Waals surface area contributed by atoms with Crippen molar-refractivity contribution >= 4 is 11.7 Å². The Morgan fingerprint density at radius 3 is 2.85 bits per heavy atom. The minimum atomic E-state index is -0.0625. The van der Waals surface area contributed by atoms with Gasteiger partial charge in [-0.25, -0.2) is 4.79 Å². The molecule has 1 saturated heterocycles. The molecule has 1 unspecified atom stereocenters. The molecule has 1 aliphatic rings. The molecule has 1 aromatic carbocycles. The number of hydrogen-bond donors (Lipinski definition) is 2. The van der Waals surface area contributed by atoms with Crippen molar-refractivity contribution in [3.63, 3.8) is 0 Å². The van der Waals surface area contributed by atoms with Crippen molar-refractivity contribution in [2.75, 3.05) is 40.4 Å². The highest BCUT2D eigenvalue weighted by Gasteiger charge is 2.19. The molecule has 1 atom stereocenters. The molecule has 110 valence electrons. The predicted molar refractivity (Wildman–Crippen MR) is 73.4 cm³/mol. The zero-order chi connectivity index (χ0) is 14.5. The fourth-order valence-electron chi connectivity index (χ4n) is 2.00. The van der Waals surface area contributed by atoms with E-state index in [1.165, 1.54) is 14.2 Å². The molecule has 0 aromatic heterocycles. The number of hydrogen-bond acceptors (Lipinski definition) is 4. The second-order valence-corrected chi connectivity index (χ2v) is 4.49. The maximum absolute atomic E-state index is 11.4. The van der Waals surface area contributed by atoms with Gasteiger partial charge in [0.25, 0.3) is 0 Å². The van der Waals surface area contributed by atoms with Gasteiger partial charge in [0, 0.05) is 25.2 Å². The van der Waals surface area contributed by atoms with E-state index in [2.05, 4.69) is 5.32 Å². The standard InChI is InChI=1S/C13H19N3O4/c1-15(18)10-3-4-11(12(9-10)19-2)20-8-7-16-6-5-14-13(16)17/h3-4,9,15H,5-8H2,1-2H3,(H,14,17). The molecule has 1 fully saturated rings. The van der Waals surface area contributed by atoms with Crippen LogP contribution in [0.2, 0.25) is 0 Å². The van der Waals surface area contributed by atoms with E-state index >= 15 is 0 Å². The lowest BCUT2D eigenvalue weighted by atomic mass is 10.2. The molecule has 1 aromatic rings. The van der Waals surface area contributed by atoms with Crippen molar-refractivity contribution in [3.05, 3.63) is 23.4 Å². The van der Waals surface area contributed by atoms with Crippen LogP contribution in [-0.2, 0) is 0 Å². The number of amides is 2. The number of benzene rings is 1. The van der Waals surface area contributed by atoms with Crippen molar-refractivity contribution < 1.29 is 19.3 Å². The highest BCUT2D eigenvalue weighted by Crippen LogP contribution is 2.28. The number of quaternary nitrogens is 1. The second kappa shape index (κ2) is 6.44. The molecule has 2 amide bonds. The van der Waals surface area contributed by atoms with E-state index in [1.54, 1.807) is 23.1 Å². The van der Waals surface area contributed by atoms with Gasteiger partial charge in [-0.1, -0.05) is 0 Å². The van der Waals surface area contributed by atoms with Gasteiger partial charge in [-0.2, -0.15) is 0 Å². The van der Waals surface area contributed by atoms with Gasteiger partial charge in [0.2, 0.25) is 0 Å². The quantitative estimate of drug-likeness (QED) is 0.704. The van der Waals surface area contributed by atoms with E-state index in [-0.39, 0.29) is 11.1 Å². The van der Waals surface area contributed by atoms with Gasteiger partial charge in [-0.3, -0.25) is 0 Å². The van der Waals surface area contributed by atoms with Crippen LogP contribution in [0, 0.1) is 5.21 Å². The van der Waals surface area contributed by atoms with Gasteiger partial charge >= 0.3 is 6.03 Å². The van der Waals surface area contributed by atoms with Gasteiger partial charge < -0.3 is 30.0 Å². The summed E-state index contributed by atoms with van der Waals surface area (Å²) in [6.07, 6.45) is 0. The number of carbonyl (C=O) groups is 1. The van der Waals surface area contributed by atoms with Crippen LogP contribution in [0.3, 0.4) is 0 Å². The van der Waals surface area contributed by atoms with Crippen LogP contribution >= 0.6 is 0 Å². The minimum Gasteiger partial charge on any atom is -0.629 e. The Labute approximate surface area is 117 Å². The molecule has 0 aliphatic carbocycles. The summed E-state index contributed by atoms with van der Waals surface area (Å²) < 4.78 is 10.8. The summed E-state index contributed by atoms with van der Waals surface area (Å²) in [5.74, 6) is 1.08. The molecule has 1 heterocycles. The van der Waals surface area contributed by atoms with Crippen LogP contribution in [0.15, 0.2) is 18.2 Å². The Morgan fingerprint density at radius 1 is 1.45 bits per heavy atom. The van der Waals surface area contributed by atoms with Gasteiger partial charge in [0.05, 0.1) is 20.7 Å². The summed E-state index contributed by atoms with van der Waals surface area (Å²) in [6, 6.07) is 5.00. The molecular formula is C13H19N3O4. The topological polar surface area (TPSA) is 78.3 Å². The Morgan fingerprint density at radius 2 is 2.25 bits per heavy atom. The lowest BCUT2D eigenvalue weighted by Crippen LogP contribution is -2.98. The minimum absolute atomic E-state index is 0.0245. The maximum Gasteiger partial charge on any atom is 0.317 e. The van der Waals surface area contributed by atoms with Crippen LogP contribution in [0.5, 0.6) is 11.5 Å². The fourth-order valence-corrected chi connectivity index (χ4v) is 2.00. The first-order valence-corrected chi connectivity index (χ1v) is 6.46. The highest BCUT2D eigenvalue weighted by atomic mass is 16.5. The number of methoxy groups -OCH3 is 1. The highest BCUT2D eigenvalue weighted by molar-refractivity contribution is 5.76. The predicted octanol–water partition coefficient (Wildman–Crippen LogP) is -0.257. The number of carbonyl (C=O) groups excluding carboxylic acids is 1. The number of ether oxygens (including phenoxy) is 2. The molecule has 0 spiro atoms. The molecule has 7 heteroatoms. The number of nitrogens with one attached hydrogen (secondary N) is 2. The van der Waals surface area contributed by atoms with E-state index in [9.17, 15) is 10.0 Å². The average Bonchev–Trinajstić information content (AvgIpc) is 2.84. The first-order chi connectivity index (χ1) is 9.61. The summed E-state index contributed by atoms with van der Waals surface area (Å²) in [7, 11) is 3.03. The number of rotatable bonds is 6. The van der Waals surface area contributed by atoms with Crippen LogP contribution in [0.1, 0.15) is 0 Å². The Bertz CT molecular complexity index is 479. The van der Waals surface area contributed by atoms with Crippen molar-refractivity contribution in [2.45, 2.75) is 0 Å². The number of hydroxylamine groups is 1. The summed E-state index contributed by atoms with van der Waals surface area (Å²) >= 11 is 0. The monoisotopic (exact) mass is 281 g/mol. The molecule has 7 nitrogen and oxygen atoms in total. The third-order valence-corrected chi connectivity index (χ3v) is 3.13. The largest absolute Gasteiger partial charge is 0.629 e. The summed E-state index contributed by atoms with van der Waals surface area (Å²) in [5.41, 5.74) is 0.577. The SMILES string of the molecule is COc1cc([NH+](C)[O-])ccc1OCCN1CCNC1=O. The molecular weight excluding hydrogens is 262 g/mol. The van der Waals surface area contributed by atoms with Gasteiger partial charge in [0.1, 0.15) is 12.3 Å². The number of nitrogens with zero attached hydrogens (tertiary/aromatic N) is 1. The lowest BCUT2D eigenvalue weighted by molar-refractivity contribution is -0.751. The summed E-state index contributed by atoms with van der Waals surface area (Å²) in [4.78, 5) is 13.0. The third kappa shape index (κ3) is 3.31. The van der Waals surface area contributed by atoms with E-state index in [0.29, 0.717) is 43.4 Å². The van der Waals surface area contributed by atoms with Crippen LogP contribution in [0.25, 0.3) is 0 Å². The zero-order valence-corrected chi connectivity index (χ0v) is 11.6. The summed E-state index contributed by atoms with van der Waals surface area (Å²) in [6.45, 7) is 2.27. The third-order valence-electron chi connectivity index (χ3n) is 3.13. The summed E-state index contributed by atoms with van der Waals surface area (Å²) in [5, 5.41) is 14.0. The Balaban J connectivity index is 1.93. The molecule has 1 aliphatic heterocycles. The number of urea groups is 1. The van der Waals surface area contributed by atoms with Crippen LogP contribution < -0.4 is 19.9 Å². The molecule has 2 rings (SSSR count). The zero-order valence-electron chi connectivity index (χ0n) is 11.6. The first kappa shape index (κ1) is 14.4. The molecule has 0 radical (unpaired) electrons. The van der Waals surface area contributed by atoms with Crippen molar-refractivity contribution in [3.8, 4) is 11.5 Å². The van der Waals surface area contributed by atoms with E-state index in [0.717, 1.165) is 0 Å². The van der Waals surface area contributed by atoms with Crippen molar-refractivity contribution in [1.82, 2.24) is 10.2 Å². The first-order valence-electron chi connectivity index (χ1n) is 6.46. The molecule has 0 bridgehead atoms. The molecule has 0 saturated carbocycles. The average molecular weight is 281 g/mol. The van der Waals surface area contributed by atoms with Gasteiger partial charge in [-0.15, -0.1) is 0 Å². The normalized spacial score (nSPS) is 15.9. The van der Waals surface area contributed by atoms with Gasteiger partial charge in [-0.05, 0) is 6.07 Å². The van der Waals surface area contributed by atoms with Crippen molar-refractivity contribution in [1.29, 1.82) is 0 Å². The van der Waals surface area contributed by atoms with E-state index in [1.807, 2.05) is 0 Å². The van der Waals surface area contributed by atoms with Crippen LogP contribution in [-0.4, -0.2) is 51.3 Å². The van der Waals surface area contributed by atoms with Crippen molar-refractivity contribution in [2.24, 2.45) is 0 Å². The maximum atomic E-state index is 11.4. The van der Waals surface area contributed by atoms with E-state index in [4.69, 9.17) is 9.47 Å². The van der Waals surface area contributed by atoms with Crippen LogP contribution in [0.4, 0.5) is 10.5 Å².